The number of rotatable bonds is 7. The van der Waals surface area contributed by atoms with E-state index in [4.69, 9.17) is 8.92 Å². The lowest BCUT2D eigenvalue weighted by Gasteiger charge is -2.10. The average molecular weight is 413 g/mol. The fourth-order valence-corrected chi connectivity index (χ4v) is 3.84. The van der Waals surface area contributed by atoms with Crippen molar-refractivity contribution in [2.75, 3.05) is 6.61 Å². The molecule has 0 bridgehead atoms. The van der Waals surface area contributed by atoms with E-state index in [0.717, 1.165) is 5.56 Å². The smallest absolute Gasteiger partial charge is 0.339 e. The summed E-state index contributed by atoms with van der Waals surface area (Å²) in [5, 5.41) is 0. The van der Waals surface area contributed by atoms with Crippen LogP contribution in [0.2, 0.25) is 0 Å². The number of hydrogen-bond acceptors (Lipinski definition) is 6. The number of benzene rings is 2. The molecule has 0 fully saturated rings. The van der Waals surface area contributed by atoms with Crippen LogP contribution in [0.15, 0.2) is 65.7 Å². The van der Waals surface area contributed by atoms with Gasteiger partial charge in [0.2, 0.25) is 5.78 Å². The highest BCUT2D eigenvalue weighted by Gasteiger charge is 2.20. The molecule has 0 aliphatic carbocycles. The van der Waals surface area contributed by atoms with Crippen LogP contribution in [0, 0.1) is 13.8 Å². The SMILES string of the molecule is Cc1ccc(C)c(S(=O)(=O)Oc2ccc(C(=O)OCC(=O)c3ccc[nH]3)cc2)c1. The minimum absolute atomic E-state index is 0.0601. The highest BCUT2D eigenvalue weighted by atomic mass is 32.2. The van der Waals surface area contributed by atoms with Gasteiger partial charge in [0.25, 0.3) is 0 Å². The number of Topliss-reactive ketones (excluding diaryl/α,β-unsaturated/α-hetero) is 1. The molecule has 150 valence electrons. The van der Waals surface area contributed by atoms with Crippen molar-refractivity contribution in [1.82, 2.24) is 4.98 Å². The van der Waals surface area contributed by atoms with Crippen molar-refractivity contribution in [3.05, 3.63) is 83.2 Å². The number of aromatic nitrogens is 1. The Labute approximate surface area is 168 Å². The number of ketones is 1. The van der Waals surface area contributed by atoms with E-state index in [9.17, 15) is 18.0 Å². The fraction of sp³-hybridized carbons (Fsp3) is 0.143. The maximum absolute atomic E-state index is 12.5. The molecule has 1 N–H and O–H groups in total. The first-order valence-corrected chi connectivity index (χ1v) is 10.1. The van der Waals surface area contributed by atoms with Crippen molar-refractivity contribution in [2.45, 2.75) is 18.7 Å². The van der Waals surface area contributed by atoms with Crippen molar-refractivity contribution in [2.24, 2.45) is 0 Å². The molecular weight excluding hydrogens is 394 g/mol. The van der Waals surface area contributed by atoms with Gasteiger partial charge in [-0.1, -0.05) is 12.1 Å². The van der Waals surface area contributed by atoms with Gasteiger partial charge in [-0.15, -0.1) is 0 Å². The van der Waals surface area contributed by atoms with E-state index in [1.165, 1.54) is 30.3 Å². The highest BCUT2D eigenvalue weighted by Crippen LogP contribution is 2.23. The number of carbonyl (C=O) groups excluding carboxylic acids is 2. The Morgan fingerprint density at radius 2 is 1.72 bits per heavy atom. The second-order valence-corrected chi connectivity index (χ2v) is 7.93. The summed E-state index contributed by atoms with van der Waals surface area (Å²) in [6.45, 7) is 3.07. The highest BCUT2D eigenvalue weighted by molar-refractivity contribution is 7.87. The van der Waals surface area contributed by atoms with Crippen LogP contribution in [-0.2, 0) is 14.9 Å². The Bertz CT molecular complexity index is 1130. The zero-order valence-electron chi connectivity index (χ0n) is 15.8. The molecule has 29 heavy (non-hydrogen) atoms. The van der Waals surface area contributed by atoms with Crippen LogP contribution >= 0.6 is 0 Å². The van der Waals surface area contributed by atoms with Crippen LogP contribution in [0.1, 0.15) is 32.0 Å². The van der Waals surface area contributed by atoms with Crippen LogP contribution in [0.5, 0.6) is 5.75 Å². The van der Waals surface area contributed by atoms with Gasteiger partial charge in [0, 0.05) is 6.20 Å². The first-order valence-electron chi connectivity index (χ1n) is 8.72. The molecular formula is C21H19NO6S. The summed E-state index contributed by atoms with van der Waals surface area (Å²) in [5.74, 6) is -0.998. The maximum atomic E-state index is 12.5. The summed E-state index contributed by atoms with van der Waals surface area (Å²) in [6.07, 6.45) is 1.60. The number of H-pyrrole nitrogens is 1. The lowest BCUT2D eigenvalue weighted by molar-refractivity contribution is 0.0473. The van der Waals surface area contributed by atoms with Crippen molar-refractivity contribution in [3.63, 3.8) is 0 Å². The van der Waals surface area contributed by atoms with Crippen LogP contribution < -0.4 is 4.18 Å². The molecule has 0 spiro atoms. The summed E-state index contributed by atoms with van der Waals surface area (Å²) in [6, 6.07) is 13.8. The van der Waals surface area contributed by atoms with E-state index in [1.807, 2.05) is 6.07 Å². The Kier molecular flexibility index (Phi) is 5.84. The molecule has 0 aliphatic rings. The molecule has 3 aromatic rings. The normalized spacial score (nSPS) is 11.1. The molecule has 0 unspecified atom stereocenters. The van der Waals surface area contributed by atoms with Gasteiger partial charge in [0.1, 0.15) is 10.6 Å². The van der Waals surface area contributed by atoms with Crippen LogP contribution in [0.3, 0.4) is 0 Å². The quantitative estimate of drug-likeness (QED) is 0.362. The largest absolute Gasteiger partial charge is 0.454 e. The lowest BCUT2D eigenvalue weighted by atomic mass is 10.2. The number of hydrogen-bond donors (Lipinski definition) is 1. The molecule has 1 heterocycles. The fourth-order valence-electron chi connectivity index (χ4n) is 2.59. The number of aryl methyl sites for hydroxylation is 2. The van der Waals surface area contributed by atoms with Gasteiger partial charge in [-0.05, 0) is 67.4 Å². The minimum atomic E-state index is -4.01. The molecule has 0 atom stereocenters. The zero-order chi connectivity index (χ0) is 21.0. The molecule has 0 saturated carbocycles. The molecule has 7 nitrogen and oxygen atoms in total. The van der Waals surface area contributed by atoms with Crippen molar-refractivity contribution in [1.29, 1.82) is 0 Å². The van der Waals surface area contributed by atoms with Gasteiger partial charge >= 0.3 is 16.1 Å². The van der Waals surface area contributed by atoms with Gasteiger partial charge in [0.05, 0.1) is 11.3 Å². The van der Waals surface area contributed by atoms with Gasteiger partial charge in [-0.2, -0.15) is 8.42 Å². The molecule has 0 amide bonds. The standard InChI is InChI=1S/C21H19NO6S/c1-14-5-6-15(2)20(12-14)29(25,26)28-17-9-7-16(8-10-17)21(24)27-13-19(23)18-4-3-11-22-18/h3-12,22H,13H2,1-2H3. The number of esters is 1. The Morgan fingerprint density at radius 3 is 2.38 bits per heavy atom. The third-order valence-electron chi connectivity index (χ3n) is 4.14. The van der Waals surface area contributed by atoms with E-state index >= 15 is 0 Å². The third kappa shape index (κ3) is 4.91. The topological polar surface area (TPSA) is 103 Å². The van der Waals surface area contributed by atoms with E-state index in [2.05, 4.69) is 4.98 Å². The average Bonchev–Trinajstić information content (AvgIpc) is 3.23. The predicted octanol–water partition coefficient (Wildman–Crippen LogP) is 3.44. The summed E-state index contributed by atoms with van der Waals surface area (Å²) in [4.78, 5) is 26.7. The Morgan fingerprint density at radius 1 is 1.00 bits per heavy atom. The maximum Gasteiger partial charge on any atom is 0.339 e. The zero-order valence-corrected chi connectivity index (χ0v) is 16.7. The van der Waals surface area contributed by atoms with Crippen LogP contribution in [0.4, 0.5) is 0 Å². The van der Waals surface area contributed by atoms with E-state index in [-0.39, 0.29) is 22.0 Å². The number of nitrogens with one attached hydrogen (secondary N) is 1. The van der Waals surface area contributed by atoms with Crippen molar-refractivity contribution >= 4 is 21.9 Å². The first kappa shape index (κ1) is 20.3. The summed E-state index contributed by atoms with van der Waals surface area (Å²) < 4.78 is 35.2. The van der Waals surface area contributed by atoms with Gasteiger partial charge in [-0.25, -0.2) is 4.79 Å². The number of ether oxygens (including phenoxy) is 1. The van der Waals surface area contributed by atoms with Gasteiger partial charge in [-0.3, -0.25) is 4.79 Å². The molecule has 0 radical (unpaired) electrons. The molecule has 2 aromatic carbocycles. The molecule has 8 heteroatoms. The first-order chi connectivity index (χ1) is 13.8. The molecule has 1 aromatic heterocycles. The number of carbonyl (C=O) groups is 2. The van der Waals surface area contributed by atoms with Crippen molar-refractivity contribution < 1.29 is 26.9 Å². The summed E-state index contributed by atoms with van der Waals surface area (Å²) in [5.41, 5.74) is 1.88. The van der Waals surface area contributed by atoms with Gasteiger partial charge in [0.15, 0.2) is 6.61 Å². The monoisotopic (exact) mass is 413 g/mol. The Balaban J connectivity index is 1.66. The van der Waals surface area contributed by atoms with Gasteiger partial charge < -0.3 is 13.9 Å². The minimum Gasteiger partial charge on any atom is -0.454 e. The lowest BCUT2D eigenvalue weighted by Crippen LogP contribution is -2.15. The second-order valence-electron chi connectivity index (χ2n) is 6.41. The molecule has 0 aliphatic heterocycles. The van der Waals surface area contributed by atoms with Crippen molar-refractivity contribution in [3.8, 4) is 5.75 Å². The van der Waals surface area contributed by atoms with Crippen LogP contribution in [-0.4, -0.2) is 31.8 Å². The third-order valence-corrected chi connectivity index (χ3v) is 5.53. The predicted molar refractivity (Wildman–Crippen MR) is 106 cm³/mol. The van der Waals surface area contributed by atoms with E-state index in [1.54, 1.807) is 38.2 Å². The summed E-state index contributed by atoms with van der Waals surface area (Å²) >= 11 is 0. The number of aromatic amines is 1. The van der Waals surface area contributed by atoms with E-state index in [0.29, 0.717) is 11.3 Å². The van der Waals surface area contributed by atoms with Crippen LogP contribution in [0.25, 0.3) is 0 Å². The van der Waals surface area contributed by atoms with E-state index < -0.39 is 22.7 Å². The second kappa shape index (κ2) is 8.32. The Hall–Kier alpha value is -3.39. The molecule has 0 saturated heterocycles. The molecule has 3 rings (SSSR count). The summed E-state index contributed by atoms with van der Waals surface area (Å²) in [7, 11) is -4.01.